The van der Waals surface area contributed by atoms with Crippen LogP contribution >= 0.6 is 0 Å². The van der Waals surface area contributed by atoms with Gasteiger partial charge in [0.25, 0.3) is 0 Å². The van der Waals surface area contributed by atoms with Crippen molar-refractivity contribution in [3.63, 3.8) is 0 Å². The summed E-state index contributed by atoms with van der Waals surface area (Å²) in [5, 5.41) is 1.95. The zero-order valence-electron chi connectivity index (χ0n) is 25.0. The number of para-hydroxylation sites is 1. The van der Waals surface area contributed by atoms with Gasteiger partial charge in [0.05, 0.1) is 22.6 Å². The Balaban J connectivity index is 0.00000155. The molecule has 5 nitrogen and oxygen atoms in total. The highest BCUT2D eigenvalue weighted by Crippen LogP contribution is 2.40. The average Bonchev–Trinajstić information content (AvgIpc) is 3.51. The smallest absolute Gasteiger partial charge is 0.456 e. The van der Waals surface area contributed by atoms with Gasteiger partial charge in [0, 0.05) is 32.9 Å². The van der Waals surface area contributed by atoms with E-state index in [2.05, 4.69) is 70.2 Å². The summed E-state index contributed by atoms with van der Waals surface area (Å²) in [5.74, 6) is 0.648. The third-order valence-corrected chi connectivity index (χ3v) is 8.17. The number of furan rings is 1. The van der Waals surface area contributed by atoms with E-state index in [9.17, 15) is 0 Å². The van der Waals surface area contributed by atoms with Crippen LogP contribution in [0.3, 0.4) is 0 Å². The van der Waals surface area contributed by atoms with E-state index in [0.717, 1.165) is 55.5 Å². The van der Waals surface area contributed by atoms with E-state index < -0.39 is 18.3 Å². The summed E-state index contributed by atoms with van der Waals surface area (Å²) >= 11 is 0. The molecule has 0 bridgehead atoms. The Kier molecular flexibility index (Phi) is 7.21. The van der Waals surface area contributed by atoms with Crippen molar-refractivity contribution < 1.29 is 13.7 Å². The summed E-state index contributed by atoms with van der Waals surface area (Å²) in [4.78, 5) is 10.1. The van der Waals surface area contributed by atoms with Gasteiger partial charge in [-0.3, -0.25) is 0 Å². The quantitative estimate of drug-likeness (QED) is 0.204. The number of fused-ring (bicyclic) bond motifs is 3. The van der Waals surface area contributed by atoms with E-state index >= 15 is 0 Å². The minimum atomic E-state index is -0.528. The summed E-state index contributed by atoms with van der Waals surface area (Å²) < 4.78 is 19.3. The maximum Gasteiger partial charge on any atom is 0.498 e. The largest absolute Gasteiger partial charge is 0.498 e. The molecule has 6 heteroatoms. The van der Waals surface area contributed by atoms with Crippen LogP contribution in [0, 0.1) is 0 Å². The fourth-order valence-electron chi connectivity index (χ4n) is 5.29. The lowest BCUT2D eigenvalue weighted by Gasteiger charge is -2.32. The van der Waals surface area contributed by atoms with Gasteiger partial charge < -0.3 is 13.7 Å². The molecule has 0 N–H and O–H groups in total. The van der Waals surface area contributed by atoms with Gasteiger partial charge in [0.15, 0.2) is 5.82 Å². The second-order valence-electron chi connectivity index (χ2n) is 11.3. The highest BCUT2D eigenvalue weighted by Gasteiger charge is 2.52. The number of hydrogen-bond acceptors (Lipinski definition) is 5. The molecule has 1 aliphatic rings. The Hall–Kier alpha value is -4.26. The molecular formula is C36H35BN2O3. The Bertz CT molecular complexity index is 1790. The fraction of sp³-hybridized carbons (Fsp3) is 0.222. The minimum Gasteiger partial charge on any atom is -0.456 e. The van der Waals surface area contributed by atoms with Crippen LogP contribution in [0.2, 0.25) is 0 Å². The minimum absolute atomic E-state index is 0.448. The van der Waals surface area contributed by atoms with Crippen LogP contribution in [-0.4, -0.2) is 28.3 Å². The van der Waals surface area contributed by atoms with Crippen molar-refractivity contribution in [3.8, 4) is 33.9 Å². The van der Waals surface area contributed by atoms with Crippen molar-refractivity contribution in [2.45, 2.75) is 52.7 Å². The molecule has 2 aromatic heterocycles. The van der Waals surface area contributed by atoms with E-state index in [1.807, 2.05) is 74.5 Å². The van der Waals surface area contributed by atoms with Gasteiger partial charge in [-0.1, -0.05) is 105 Å². The Morgan fingerprint density at radius 2 is 1.17 bits per heavy atom. The highest BCUT2D eigenvalue weighted by molar-refractivity contribution is 6.65. The molecule has 4 aromatic carbocycles. The predicted octanol–water partition coefficient (Wildman–Crippen LogP) is 8.70. The third kappa shape index (κ3) is 4.81. The normalized spacial score (nSPS) is 15.5. The number of rotatable bonds is 4. The van der Waals surface area contributed by atoms with Gasteiger partial charge in [0.1, 0.15) is 11.2 Å². The van der Waals surface area contributed by atoms with Crippen LogP contribution in [0.1, 0.15) is 41.5 Å². The molecule has 6 aromatic rings. The van der Waals surface area contributed by atoms with E-state index in [0.29, 0.717) is 5.82 Å². The second-order valence-corrected chi connectivity index (χ2v) is 11.3. The van der Waals surface area contributed by atoms with Crippen LogP contribution in [0.15, 0.2) is 108 Å². The Morgan fingerprint density at radius 3 is 1.74 bits per heavy atom. The molecule has 0 amide bonds. The van der Waals surface area contributed by atoms with Gasteiger partial charge in [-0.25, -0.2) is 9.97 Å². The average molecular weight is 554 g/mol. The van der Waals surface area contributed by atoms with Crippen LogP contribution < -0.4 is 5.46 Å². The molecule has 210 valence electrons. The van der Waals surface area contributed by atoms with Gasteiger partial charge in [-0.15, -0.1) is 0 Å². The number of aromatic nitrogens is 2. The molecule has 1 saturated heterocycles. The van der Waals surface area contributed by atoms with E-state index in [-0.39, 0.29) is 0 Å². The molecule has 1 aliphatic heterocycles. The Labute approximate surface area is 247 Å². The van der Waals surface area contributed by atoms with Gasteiger partial charge in [0.2, 0.25) is 0 Å². The van der Waals surface area contributed by atoms with E-state index in [4.69, 9.17) is 23.7 Å². The molecule has 0 atom stereocenters. The Morgan fingerprint density at radius 1 is 0.619 bits per heavy atom. The summed E-state index contributed by atoms with van der Waals surface area (Å²) in [5.41, 5.74) is 6.23. The summed E-state index contributed by atoms with van der Waals surface area (Å²) in [7, 11) is -0.528. The maximum absolute atomic E-state index is 6.51. The molecule has 1 fully saturated rings. The van der Waals surface area contributed by atoms with Gasteiger partial charge in [-0.05, 0) is 39.8 Å². The lowest BCUT2D eigenvalue weighted by atomic mass is 9.78. The summed E-state index contributed by atoms with van der Waals surface area (Å²) in [6, 6.07) is 34.7. The standard InChI is InChI=1S/C34H29BN2O3.C2H6/c1-33(2)34(3,4)40-35(39-33)26-19-11-17-24-30-25(18-12-20-29(30)38-31(24)26)32-36-27(22-13-7-5-8-14-22)21-28(37-32)23-15-9-6-10-16-23;1-2/h5-21H,1-4H3;1-2H3. The zero-order valence-corrected chi connectivity index (χ0v) is 25.0. The first-order chi connectivity index (χ1) is 20.3. The van der Waals surface area contributed by atoms with Crippen molar-refractivity contribution in [2.75, 3.05) is 0 Å². The molecule has 3 heterocycles. The lowest BCUT2D eigenvalue weighted by Crippen LogP contribution is -2.41. The molecule has 0 unspecified atom stereocenters. The monoisotopic (exact) mass is 554 g/mol. The van der Waals surface area contributed by atoms with E-state index in [1.165, 1.54) is 0 Å². The van der Waals surface area contributed by atoms with Crippen LogP contribution in [0.25, 0.3) is 55.8 Å². The van der Waals surface area contributed by atoms with Crippen LogP contribution in [-0.2, 0) is 9.31 Å². The van der Waals surface area contributed by atoms with E-state index in [1.54, 1.807) is 0 Å². The number of benzene rings is 4. The predicted molar refractivity (Wildman–Crippen MR) is 173 cm³/mol. The topological polar surface area (TPSA) is 57.4 Å². The summed E-state index contributed by atoms with van der Waals surface area (Å²) in [6.07, 6.45) is 0. The zero-order chi connectivity index (χ0) is 29.5. The fourth-order valence-corrected chi connectivity index (χ4v) is 5.29. The van der Waals surface area contributed by atoms with Gasteiger partial charge in [-0.2, -0.15) is 0 Å². The molecule has 0 spiro atoms. The SMILES string of the molecule is CC.CC1(C)OB(c2cccc3c2oc2cccc(-c4nc(-c5ccccc5)cc(-c5ccccc5)n4)c23)OC1(C)C. The molecular weight excluding hydrogens is 519 g/mol. The van der Waals surface area contributed by atoms with Crippen molar-refractivity contribution in [1.29, 1.82) is 0 Å². The van der Waals surface area contributed by atoms with Crippen LogP contribution in [0.5, 0.6) is 0 Å². The first-order valence-electron chi connectivity index (χ1n) is 14.6. The van der Waals surface area contributed by atoms with Crippen molar-refractivity contribution in [2.24, 2.45) is 0 Å². The van der Waals surface area contributed by atoms with Crippen molar-refractivity contribution in [1.82, 2.24) is 9.97 Å². The first kappa shape index (κ1) is 27.9. The highest BCUT2D eigenvalue weighted by atomic mass is 16.7. The van der Waals surface area contributed by atoms with Crippen molar-refractivity contribution in [3.05, 3.63) is 103 Å². The lowest BCUT2D eigenvalue weighted by molar-refractivity contribution is 0.00578. The molecule has 0 radical (unpaired) electrons. The van der Waals surface area contributed by atoms with Crippen LogP contribution in [0.4, 0.5) is 0 Å². The molecule has 7 rings (SSSR count). The summed E-state index contributed by atoms with van der Waals surface area (Å²) in [6.45, 7) is 12.2. The maximum atomic E-state index is 6.51. The third-order valence-electron chi connectivity index (χ3n) is 8.17. The molecule has 0 aliphatic carbocycles. The first-order valence-corrected chi connectivity index (χ1v) is 14.6. The molecule has 42 heavy (non-hydrogen) atoms. The molecule has 0 saturated carbocycles. The number of hydrogen-bond donors (Lipinski definition) is 0. The van der Waals surface area contributed by atoms with Gasteiger partial charge >= 0.3 is 7.12 Å². The van der Waals surface area contributed by atoms with Crippen molar-refractivity contribution >= 4 is 34.5 Å². The number of nitrogens with zero attached hydrogens (tertiary/aromatic N) is 2. The second kappa shape index (κ2) is 10.9.